The van der Waals surface area contributed by atoms with Crippen LogP contribution < -0.4 is 9.47 Å². The van der Waals surface area contributed by atoms with Crippen molar-refractivity contribution < 1.29 is 24.2 Å². The lowest BCUT2D eigenvalue weighted by molar-refractivity contribution is -0.132. The minimum atomic E-state index is -0.754. The lowest BCUT2D eigenvalue weighted by Gasteiger charge is -2.09. The topological polar surface area (TPSA) is 72.8 Å². The number of methoxy groups -OCH3 is 1. The number of aliphatic hydroxyl groups excluding tert-OH is 1. The van der Waals surface area contributed by atoms with E-state index >= 15 is 0 Å². The van der Waals surface area contributed by atoms with Gasteiger partial charge in [-0.15, -0.1) is 0 Å². The van der Waals surface area contributed by atoms with E-state index in [2.05, 4.69) is 0 Å². The Kier molecular flexibility index (Phi) is 5.73. The number of benzene rings is 2. The predicted molar refractivity (Wildman–Crippen MR) is 90.1 cm³/mol. The normalized spacial score (nSPS) is 11.0. The van der Waals surface area contributed by atoms with E-state index in [1.165, 1.54) is 0 Å². The fraction of sp³-hybridized carbons (Fsp3) is 0.158. The van der Waals surface area contributed by atoms with Crippen LogP contribution in [0.25, 0.3) is 5.76 Å². The highest BCUT2D eigenvalue weighted by Gasteiger charge is 2.08. The first-order valence-electron chi connectivity index (χ1n) is 7.31. The Labute approximate surface area is 140 Å². The van der Waals surface area contributed by atoms with Crippen LogP contribution in [0.2, 0.25) is 0 Å². The average molecular weight is 326 g/mol. The van der Waals surface area contributed by atoms with Crippen LogP contribution >= 0.6 is 0 Å². The van der Waals surface area contributed by atoms with Gasteiger partial charge in [0.05, 0.1) is 7.11 Å². The van der Waals surface area contributed by atoms with E-state index in [1.807, 2.05) is 24.3 Å². The van der Waals surface area contributed by atoms with Gasteiger partial charge >= 0.3 is 0 Å². The third-order valence-corrected chi connectivity index (χ3v) is 3.28. The first-order chi connectivity index (χ1) is 11.5. The van der Waals surface area contributed by atoms with E-state index in [9.17, 15) is 14.7 Å². The molecule has 1 N–H and O–H groups in total. The number of carbonyl (C=O) groups is 2. The lowest BCUT2D eigenvalue weighted by Crippen LogP contribution is -2.06. The van der Waals surface area contributed by atoms with Crippen LogP contribution in [0.1, 0.15) is 18.1 Å². The summed E-state index contributed by atoms with van der Waals surface area (Å²) in [6.45, 7) is 1.48. The second kappa shape index (κ2) is 7.97. The fourth-order valence-corrected chi connectivity index (χ4v) is 1.98. The molecule has 0 spiro atoms. The van der Waals surface area contributed by atoms with Crippen molar-refractivity contribution in [3.63, 3.8) is 0 Å². The maximum absolute atomic E-state index is 11.4. The highest BCUT2D eigenvalue weighted by molar-refractivity contribution is 6.41. The number of hydrogen-bond acceptors (Lipinski definition) is 5. The van der Waals surface area contributed by atoms with Crippen molar-refractivity contribution in [2.75, 3.05) is 7.11 Å². The minimum absolute atomic E-state index is 0.276. The van der Waals surface area contributed by atoms with Gasteiger partial charge in [-0.25, -0.2) is 0 Å². The van der Waals surface area contributed by atoms with Gasteiger partial charge in [-0.1, -0.05) is 24.3 Å². The smallest absolute Gasteiger partial charge is 0.224 e. The van der Waals surface area contributed by atoms with Crippen LogP contribution in [0.4, 0.5) is 0 Å². The van der Waals surface area contributed by atoms with E-state index in [0.717, 1.165) is 24.3 Å². The molecular weight excluding hydrogens is 308 g/mol. The SMILES string of the molecule is COc1cccc(COc2cccc(C(O)=CC(=O)C(C)=O)c2)c1. The molecule has 5 heteroatoms. The first kappa shape index (κ1) is 17.3. The summed E-state index contributed by atoms with van der Waals surface area (Å²) in [4.78, 5) is 22.3. The lowest BCUT2D eigenvalue weighted by atomic mass is 10.1. The van der Waals surface area contributed by atoms with Crippen molar-refractivity contribution in [2.24, 2.45) is 0 Å². The molecule has 0 heterocycles. The number of allylic oxidation sites excluding steroid dienone is 1. The zero-order chi connectivity index (χ0) is 17.5. The van der Waals surface area contributed by atoms with Gasteiger partial charge in [0.25, 0.3) is 0 Å². The fourth-order valence-electron chi connectivity index (χ4n) is 1.98. The summed E-state index contributed by atoms with van der Waals surface area (Å²) in [7, 11) is 1.60. The summed E-state index contributed by atoms with van der Waals surface area (Å²) in [5.41, 5.74) is 1.33. The summed E-state index contributed by atoms with van der Waals surface area (Å²) in [5.74, 6) is -0.386. The van der Waals surface area contributed by atoms with Crippen LogP contribution in [-0.2, 0) is 16.2 Å². The number of ketones is 2. The van der Waals surface area contributed by atoms with Crippen LogP contribution in [0, 0.1) is 0 Å². The molecule has 0 atom stereocenters. The average Bonchev–Trinajstić information content (AvgIpc) is 2.60. The number of hydrogen-bond donors (Lipinski definition) is 1. The Morgan fingerprint density at radius 2 is 1.79 bits per heavy atom. The van der Waals surface area contributed by atoms with Gasteiger partial charge in [0.2, 0.25) is 5.78 Å². The summed E-state index contributed by atoms with van der Waals surface area (Å²) < 4.78 is 10.8. The molecule has 0 aliphatic carbocycles. The molecule has 0 fully saturated rings. The second-order valence-corrected chi connectivity index (χ2v) is 5.12. The molecular formula is C19H18O5. The van der Waals surface area contributed by atoms with Crippen LogP contribution in [0.5, 0.6) is 11.5 Å². The van der Waals surface area contributed by atoms with Gasteiger partial charge in [0.1, 0.15) is 23.9 Å². The number of Topliss-reactive ketones (excluding diaryl/α,β-unsaturated/α-hetero) is 1. The van der Waals surface area contributed by atoms with E-state index in [4.69, 9.17) is 9.47 Å². The number of aliphatic hydroxyl groups is 1. The summed E-state index contributed by atoms with van der Waals surface area (Å²) >= 11 is 0. The van der Waals surface area contributed by atoms with Crippen LogP contribution in [0.15, 0.2) is 54.6 Å². The summed E-state index contributed by atoms with van der Waals surface area (Å²) in [5, 5.41) is 9.93. The van der Waals surface area contributed by atoms with E-state index in [1.54, 1.807) is 31.4 Å². The number of ether oxygens (including phenoxy) is 2. The molecule has 0 aliphatic rings. The van der Waals surface area contributed by atoms with Crippen LogP contribution in [0.3, 0.4) is 0 Å². The van der Waals surface area contributed by atoms with Crippen molar-refractivity contribution in [2.45, 2.75) is 13.5 Å². The number of carbonyl (C=O) groups excluding carboxylic acids is 2. The van der Waals surface area contributed by atoms with E-state index < -0.39 is 11.6 Å². The molecule has 0 amide bonds. The van der Waals surface area contributed by atoms with Gasteiger partial charge in [0, 0.05) is 18.6 Å². The van der Waals surface area contributed by atoms with Gasteiger partial charge in [-0.05, 0) is 29.8 Å². The van der Waals surface area contributed by atoms with E-state index in [-0.39, 0.29) is 5.76 Å². The molecule has 0 aliphatic heterocycles. The Morgan fingerprint density at radius 1 is 1.08 bits per heavy atom. The monoisotopic (exact) mass is 326 g/mol. The molecule has 0 bridgehead atoms. The Hall–Kier alpha value is -3.08. The van der Waals surface area contributed by atoms with Crippen molar-refractivity contribution in [1.29, 1.82) is 0 Å². The maximum Gasteiger partial charge on any atom is 0.224 e. The van der Waals surface area contributed by atoms with Crippen molar-refractivity contribution in [1.82, 2.24) is 0 Å². The van der Waals surface area contributed by atoms with E-state index in [0.29, 0.717) is 17.9 Å². The molecule has 0 saturated carbocycles. The molecule has 0 saturated heterocycles. The molecule has 24 heavy (non-hydrogen) atoms. The molecule has 0 unspecified atom stereocenters. The minimum Gasteiger partial charge on any atom is -0.507 e. The van der Waals surface area contributed by atoms with Gasteiger partial charge in [-0.2, -0.15) is 0 Å². The summed E-state index contributed by atoms with van der Waals surface area (Å²) in [6.07, 6.45) is 0.906. The maximum atomic E-state index is 11.4. The van der Waals surface area contributed by atoms with Gasteiger partial charge in [-0.3, -0.25) is 9.59 Å². The zero-order valence-electron chi connectivity index (χ0n) is 13.5. The molecule has 2 aromatic carbocycles. The molecule has 0 radical (unpaired) electrons. The third-order valence-electron chi connectivity index (χ3n) is 3.28. The summed E-state index contributed by atoms with van der Waals surface area (Å²) in [6, 6.07) is 14.1. The quantitative estimate of drug-likeness (QED) is 0.480. The van der Waals surface area contributed by atoms with Gasteiger partial charge in [0.15, 0.2) is 5.78 Å². The number of rotatable bonds is 7. The highest BCUT2D eigenvalue weighted by atomic mass is 16.5. The van der Waals surface area contributed by atoms with Crippen LogP contribution in [-0.4, -0.2) is 23.8 Å². The van der Waals surface area contributed by atoms with Crippen molar-refractivity contribution in [3.8, 4) is 11.5 Å². The standard InChI is InChI=1S/C19H18O5/c1-13(20)18(21)11-19(22)15-6-4-8-17(10-15)24-12-14-5-3-7-16(9-14)23-2/h3-11,22H,12H2,1-2H3. The first-order valence-corrected chi connectivity index (χ1v) is 7.31. The predicted octanol–water partition coefficient (Wildman–Crippen LogP) is 3.33. The zero-order valence-corrected chi connectivity index (χ0v) is 13.5. The molecule has 124 valence electrons. The second-order valence-electron chi connectivity index (χ2n) is 5.12. The molecule has 2 rings (SSSR count). The van der Waals surface area contributed by atoms with Gasteiger partial charge < -0.3 is 14.6 Å². The van der Waals surface area contributed by atoms with Crippen molar-refractivity contribution >= 4 is 17.3 Å². The molecule has 5 nitrogen and oxygen atoms in total. The van der Waals surface area contributed by atoms with Crippen molar-refractivity contribution in [3.05, 3.63) is 65.7 Å². The Bertz CT molecular complexity index is 777. The molecule has 2 aromatic rings. The Morgan fingerprint density at radius 3 is 2.50 bits per heavy atom. The molecule has 0 aromatic heterocycles. The third kappa shape index (κ3) is 4.71. The highest BCUT2D eigenvalue weighted by Crippen LogP contribution is 2.20. The largest absolute Gasteiger partial charge is 0.507 e. The Balaban J connectivity index is 2.10.